The van der Waals surface area contributed by atoms with Gasteiger partial charge in [-0.15, -0.1) is 0 Å². The fourth-order valence-electron chi connectivity index (χ4n) is 3.31. The molecule has 22 heavy (non-hydrogen) atoms. The number of carbonyl (C=O) groups excluding carboxylic acids is 1. The number of benzene rings is 1. The van der Waals surface area contributed by atoms with Crippen molar-refractivity contribution >= 4 is 5.91 Å². The topological polar surface area (TPSA) is 40.5 Å². The minimum Gasteiger partial charge on any atom is -0.394 e. The average Bonchev–Trinajstić information content (AvgIpc) is 3.15. The van der Waals surface area contributed by atoms with Gasteiger partial charge in [0.05, 0.1) is 18.2 Å². The van der Waals surface area contributed by atoms with Crippen LogP contribution in [0.5, 0.6) is 0 Å². The van der Waals surface area contributed by atoms with Crippen molar-refractivity contribution in [2.45, 2.75) is 37.4 Å². The monoisotopic (exact) mass is 313 g/mol. The molecule has 120 valence electrons. The van der Waals surface area contributed by atoms with Gasteiger partial charge >= 0.3 is 6.18 Å². The highest BCUT2D eigenvalue weighted by atomic mass is 19.4. The summed E-state index contributed by atoms with van der Waals surface area (Å²) in [5.74, 6) is -0.399. The Morgan fingerprint density at radius 1 is 1.36 bits per heavy atom. The van der Waals surface area contributed by atoms with Crippen LogP contribution in [0.4, 0.5) is 13.2 Å². The lowest BCUT2D eigenvalue weighted by Gasteiger charge is -2.23. The second-order valence-corrected chi connectivity index (χ2v) is 6.08. The Balaban J connectivity index is 1.71. The maximum atomic E-state index is 12.7. The predicted molar refractivity (Wildman–Crippen MR) is 74.1 cm³/mol. The summed E-state index contributed by atoms with van der Waals surface area (Å²) in [4.78, 5) is 14.1. The quantitative estimate of drug-likeness (QED) is 0.932. The van der Waals surface area contributed by atoms with Gasteiger partial charge in [-0.3, -0.25) is 4.79 Å². The summed E-state index contributed by atoms with van der Waals surface area (Å²) in [6.45, 7) is 0.586. The number of aliphatic hydroxyl groups is 1. The SMILES string of the molecule is O=C(C1CC1c1cccc(C(F)(F)F)c1)N1CCC[C@@H]1CO. The van der Waals surface area contributed by atoms with Gasteiger partial charge in [0.2, 0.25) is 5.91 Å². The van der Waals surface area contributed by atoms with Crippen LogP contribution in [0.1, 0.15) is 36.3 Å². The van der Waals surface area contributed by atoms with Crippen LogP contribution in [0.25, 0.3) is 0 Å². The molecular formula is C16H18F3NO2. The fraction of sp³-hybridized carbons (Fsp3) is 0.562. The molecule has 1 aliphatic heterocycles. The van der Waals surface area contributed by atoms with E-state index in [2.05, 4.69) is 0 Å². The Morgan fingerprint density at radius 2 is 2.14 bits per heavy atom. The molecule has 1 saturated heterocycles. The van der Waals surface area contributed by atoms with Gasteiger partial charge < -0.3 is 10.0 Å². The summed E-state index contributed by atoms with van der Waals surface area (Å²) in [5, 5.41) is 9.28. The molecule has 2 fully saturated rings. The van der Waals surface area contributed by atoms with E-state index in [1.807, 2.05) is 0 Å². The summed E-state index contributed by atoms with van der Waals surface area (Å²) in [7, 11) is 0. The average molecular weight is 313 g/mol. The molecule has 1 amide bonds. The van der Waals surface area contributed by atoms with Gasteiger partial charge in [-0.2, -0.15) is 13.2 Å². The van der Waals surface area contributed by atoms with E-state index in [4.69, 9.17) is 0 Å². The number of aliphatic hydroxyl groups excluding tert-OH is 1. The highest BCUT2D eigenvalue weighted by Gasteiger charge is 2.48. The molecule has 3 atom stereocenters. The number of likely N-dealkylation sites (tertiary alicyclic amines) is 1. The van der Waals surface area contributed by atoms with Gasteiger partial charge in [0, 0.05) is 12.5 Å². The third-order valence-electron chi connectivity index (χ3n) is 4.62. The van der Waals surface area contributed by atoms with Crippen molar-refractivity contribution in [2.24, 2.45) is 5.92 Å². The van der Waals surface area contributed by atoms with Crippen LogP contribution in [-0.4, -0.2) is 35.1 Å². The van der Waals surface area contributed by atoms with Crippen LogP contribution in [0, 0.1) is 5.92 Å². The Morgan fingerprint density at radius 3 is 2.82 bits per heavy atom. The Bertz CT molecular complexity index is 573. The number of amides is 1. The second-order valence-electron chi connectivity index (χ2n) is 6.08. The van der Waals surface area contributed by atoms with E-state index in [9.17, 15) is 23.1 Å². The molecule has 1 heterocycles. The molecule has 0 spiro atoms. The van der Waals surface area contributed by atoms with Crippen LogP contribution >= 0.6 is 0 Å². The highest BCUT2D eigenvalue weighted by Crippen LogP contribution is 2.49. The van der Waals surface area contributed by atoms with E-state index in [1.54, 1.807) is 11.0 Å². The standard InChI is InChI=1S/C16H18F3NO2/c17-16(18,19)11-4-1-3-10(7-11)13-8-14(13)15(22)20-6-2-5-12(20)9-21/h1,3-4,7,12-14,21H,2,5-6,8-9H2/t12-,13?,14?/m1/s1. The van der Waals surface area contributed by atoms with Gasteiger partial charge in [-0.1, -0.05) is 18.2 Å². The molecule has 1 aromatic rings. The van der Waals surface area contributed by atoms with Gasteiger partial charge in [0.25, 0.3) is 0 Å². The van der Waals surface area contributed by atoms with E-state index < -0.39 is 11.7 Å². The van der Waals surface area contributed by atoms with Crippen molar-refractivity contribution < 1.29 is 23.1 Å². The number of rotatable bonds is 3. The highest BCUT2D eigenvalue weighted by molar-refractivity contribution is 5.83. The normalized spacial score (nSPS) is 28.0. The van der Waals surface area contributed by atoms with Crippen molar-refractivity contribution in [3.8, 4) is 0 Å². The maximum absolute atomic E-state index is 12.7. The molecular weight excluding hydrogens is 295 g/mol. The number of carbonyl (C=O) groups is 1. The van der Waals surface area contributed by atoms with Crippen LogP contribution in [0.2, 0.25) is 0 Å². The van der Waals surface area contributed by atoms with Gasteiger partial charge in [0.15, 0.2) is 0 Å². The summed E-state index contributed by atoms with van der Waals surface area (Å²) in [5.41, 5.74) is -0.0922. The van der Waals surface area contributed by atoms with Crippen molar-refractivity contribution in [1.29, 1.82) is 0 Å². The molecule has 1 N–H and O–H groups in total. The van der Waals surface area contributed by atoms with Crippen molar-refractivity contribution in [3.05, 3.63) is 35.4 Å². The van der Waals surface area contributed by atoms with Crippen LogP contribution < -0.4 is 0 Å². The molecule has 1 saturated carbocycles. The first-order chi connectivity index (χ1) is 10.4. The first kappa shape index (κ1) is 15.3. The summed E-state index contributed by atoms with van der Waals surface area (Å²) >= 11 is 0. The third kappa shape index (κ3) is 2.84. The zero-order chi connectivity index (χ0) is 15.9. The third-order valence-corrected chi connectivity index (χ3v) is 4.62. The second kappa shape index (κ2) is 5.57. The first-order valence-electron chi connectivity index (χ1n) is 7.50. The minimum absolute atomic E-state index is 0.0287. The summed E-state index contributed by atoms with van der Waals surface area (Å²) in [6.07, 6.45) is -2.10. The van der Waals surface area contributed by atoms with E-state index in [-0.39, 0.29) is 30.4 Å². The molecule has 1 aromatic carbocycles. The number of nitrogens with zero attached hydrogens (tertiary/aromatic N) is 1. The maximum Gasteiger partial charge on any atom is 0.416 e. The van der Waals surface area contributed by atoms with Crippen molar-refractivity contribution in [1.82, 2.24) is 4.90 Å². The molecule has 2 aliphatic rings. The first-order valence-corrected chi connectivity index (χ1v) is 7.50. The van der Waals surface area contributed by atoms with Crippen LogP contribution in [0.3, 0.4) is 0 Å². The Labute approximate surface area is 126 Å². The fourth-order valence-corrected chi connectivity index (χ4v) is 3.31. The molecule has 2 unspecified atom stereocenters. The summed E-state index contributed by atoms with van der Waals surface area (Å²) < 4.78 is 38.2. The lowest BCUT2D eigenvalue weighted by atomic mass is 10.0. The zero-order valence-electron chi connectivity index (χ0n) is 12.0. The molecule has 3 nitrogen and oxygen atoms in total. The number of halogens is 3. The van der Waals surface area contributed by atoms with Crippen molar-refractivity contribution in [3.63, 3.8) is 0 Å². The zero-order valence-corrected chi connectivity index (χ0v) is 12.0. The van der Waals surface area contributed by atoms with Gasteiger partial charge in [-0.25, -0.2) is 0 Å². The lowest BCUT2D eigenvalue weighted by Crippen LogP contribution is -2.38. The molecule has 0 aromatic heterocycles. The Kier molecular flexibility index (Phi) is 3.89. The Hall–Kier alpha value is -1.56. The number of hydrogen-bond donors (Lipinski definition) is 1. The molecule has 1 aliphatic carbocycles. The van der Waals surface area contributed by atoms with Crippen LogP contribution in [0.15, 0.2) is 24.3 Å². The van der Waals surface area contributed by atoms with Crippen molar-refractivity contribution in [2.75, 3.05) is 13.2 Å². The summed E-state index contributed by atoms with van der Waals surface area (Å²) in [6, 6.07) is 5.11. The van der Waals surface area contributed by atoms with E-state index in [1.165, 1.54) is 6.07 Å². The lowest BCUT2D eigenvalue weighted by molar-refractivity contribution is -0.137. The van der Waals surface area contributed by atoms with E-state index in [0.717, 1.165) is 25.0 Å². The van der Waals surface area contributed by atoms with Gasteiger partial charge in [0.1, 0.15) is 0 Å². The minimum atomic E-state index is -4.36. The number of hydrogen-bond acceptors (Lipinski definition) is 2. The molecule has 0 radical (unpaired) electrons. The largest absolute Gasteiger partial charge is 0.416 e. The molecule has 0 bridgehead atoms. The molecule has 3 rings (SSSR count). The number of alkyl halides is 3. The molecule has 6 heteroatoms. The predicted octanol–water partition coefficient (Wildman–Crippen LogP) is 2.79. The van der Waals surface area contributed by atoms with Gasteiger partial charge in [-0.05, 0) is 36.8 Å². The van der Waals surface area contributed by atoms with E-state index >= 15 is 0 Å². The van der Waals surface area contributed by atoms with E-state index in [0.29, 0.717) is 18.5 Å². The van der Waals surface area contributed by atoms with Crippen LogP contribution in [-0.2, 0) is 11.0 Å². The smallest absolute Gasteiger partial charge is 0.394 e.